The number of carbonyl (C=O) groups excluding carboxylic acids is 2. The summed E-state index contributed by atoms with van der Waals surface area (Å²) in [4.78, 5) is 26.4. The predicted octanol–water partition coefficient (Wildman–Crippen LogP) is 2.59. The molecule has 1 amide bonds. The van der Waals surface area contributed by atoms with Crippen molar-refractivity contribution in [3.63, 3.8) is 0 Å². The molecule has 6 nitrogen and oxygen atoms in total. The minimum atomic E-state index is -0.437. The second kappa shape index (κ2) is 6.65. The lowest BCUT2D eigenvalue weighted by molar-refractivity contribution is -0.148. The van der Waals surface area contributed by atoms with E-state index in [0.29, 0.717) is 23.6 Å². The molecule has 2 unspecified atom stereocenters. The number of halogens is 1. The molecular weight excluding hydrogens is 330 g/mol. The Morgan fingerprint density at radius 3 is 2.62 bits per heavy atom. The molecule has 1 saturated heterocycles. The summed E-state index contributed by atoms with van der Waals surface area (Å²) in [6.07, 6.45) is 4.29. The standard InChI is InChI=1S/C17H18ClN3O3/c1-20-10-11(9-19-20)16-14(7-8-15(22)21(16)2)17(23)24-13-5-3-12(18)4-6-13/h3-6,9-10,14,16H,7-8H2,1-2H3. The Morgan fingerprint density at radius 1 is 1.29 bits per heavy atom. The summed E-state index contributed by atoms with van der Waals surface area (Å²) in [6, 6.07) is 6.26. The molecule has 7 heteroatoms. The summed E-state index contributed by atoms with van der Waals surface area (Å²) in [5.74, 6) is -0.341. The molecule has 0 saturated carbocycles. The maximum Gasteiger partial charge on any atom is 0.316 e. The Bertz CT molecular complexity index is 757. The second-order valence-electron chi connectivity index (χ2n) is 5.92. The Morgan fingerprint density at radius 2 is 2.00 bits per heavy atom. The van der Waals surface area contributed by atoms with Gasteiger partial charge in [-0.25, -0.2) is 0 Å². The van der Waals surface area contributed by atoms with Gasteiger partial charge in [0, 0.05) is 37.3 Å². The molecule has 1 aliphatic heterocycles. The SMILES string of the molecule is CN1C(=O)CCC(C(=O)Oc2ccc(Cl)cc2)C1c1cnn(C)c1. The lowest BCUT2D eigenvalue weighted by Crippen LogP contribution is -2.44. The van der Waals surface area contributed by atoms with Gasteiger partial charge in [-0.05, 0) is 30.7 Å². The zero-order valence-corrected chi connectivity index (χ0v) is 14.2. The molecule has 0 N–H and O–H groups in total. The predicted molar refractivity (Wildman–Crippen MR) is 88.5 cm³/mol. The number of aromatic nitrogens is 2. The number of esters is 1. The van der Waals surface area contributed by atoms with Gasteiger partial charge in [0.25, 0.3) is 0 Å². The van der Waals surface area contributed by atoms with Gasteiger partial charge >= 0.3 is 5.97 Å². The highest BCUT2D eigenvalue weighted by Gasteiger charge is 2.40. The molecule has 0 radical (unpaired) electrons. The Balaban J connectivity index is 1.84. The van der Waals surface area contributed by atoms with Gasteiger partial charge in [-0.15, -0.1) is 0 Å². The summed E-state index contributed by atoms with van der Waals surface area (Å²) < 4.78 is 7.14. The molecule has 1 aliphatic rings. The van der Waals surface area contributed by atoms with Gasteiger partial charge < -0.3 is 9.64 Å². The van der Waals surface area contributed by atoms with E-state index in [1.54, 1.807) is 54.1 Å². The number of piperidine rings is 1. The molecule has 0 bridgehead atoms. The smallest absolute Gasteiger partial charge is 0.316 e. The van der Waals surface area contributed by atoms with E-state index in [-0.39, 0.29) is 17.9 Å². The number of amides is 1. The minimum Gasteiger partial charge on any atom is -0.426 e. The van der Waals surface area contributed by atoms with E-state index in [2.05, 4.69) is 5.10 Å². The summed E-state index contributed by atoms with van der Waals surface area (Å²) in [7, 11) is 3.51. The third-order valence-electron chi connectivity index (χ3n) is 4.26. The van der Waals surface area contributed by atoms with E-state index in [9.17, 15) is 9.59 Å². The van der Waals surface area contributed by atoms with E-state index in [4.69, 9.17) is 16.3 Å². The third kappa shape index (κ3) is 3.28. The number of rotatable bonds is 3. The van der Waals surface area contributed by atoms with Gasteiger partial charge in [-0.2, -0.15) is 5.10 Å². The molecule has 24 heavy (non-hydrogen) atoms. The zero-order valence-electron chi connectivity index (χ0n) is 13.5. The first-order valence-electron chi connectivity index (χ1n) is 7.67. The van der Waals surface area contributed by atoms with Crippen LogP contribution in [-0.2, 0) is 16.6 Å². The summed E-state index contributed by atoms with van der Waals surface area (Å²) >= 11 is 5.84. The van der Waals surface area contributed by atoms with E-state index in [1.807, 2.05) is 6.20 Å². The number of ether oxygens (including phenoxy) is 1. The summed E-state index contributed by atoms with van der Waals surface area (Å²) in [6.45, 7) is 0. The molecule has 2 atom stereocenters. The topological polar surface area (TPSA) is 64.4 Å². The van der Waals surface area contributed by atoms with Crippen molar-refractivity contribution in [3.8, 4) is 5.75 Å². The average molecular weight is 348 g/mol. The van der Waals surface area contributed by atoms with Crippen LogP contribution in [0.3, 0.4) is 0 Å². The molecule has 2 aromatic rings. The van der Waals surface area contributed by atoms with E-state index in [0.717, 1.165) is 5.56 Å². The van der Waals surface area contributed by atoms with Crippen molar-refractivity contribution >= 4 is 23.5 Å². The normalized spacial score (nSPS) is 21.0. The van der Waals surface area contributed by atoms with Crippen LogP contribution in [0.2, 0.25) is 5.02 Å². The number of hydrogen-bond donors (Lipinski definition) is 0. The van der Waals surface area contributed by atoms with Gasteiger partial charge in [0.15, 0.2) is 0 Å². The first-order chi connectivity index (χ1) is 11.5. The lowest BCUT2D eigenvalue weighted by atomic mass is 9.86. The molecule has 1 fully saturated rings. The number of likely N-dealkylation sites (tertiary alicyclic amines) is 1. The number of carbonyl (C=O) groups is 2. The Kier molecular flexibility index (Phi) is 4.57. The van der Waals surface area contributed by atoms with Crippen molar-refractivity contribution in [2.45, 2.75) is 18.9 Å². The summed E-state index contributed by atoms with van der Waals surface area (Å²) in [5, 5.41) is 4.73. The first-order valence-corrected chi connectivity index (χ1v) is 8.05. The van der Waals surface area contributed by atoms with Gasteiger partial charge in [-0.3, -0.25) is 14.3 Å². The maximum absolute atomic E-state index is 12.7. The molecule has 0 aliphatic carbocycles. The van der Waals surface area contributed by atoms with E-state index in [1.165, 1.54) is 0 Å². The lowest BCUT2D eigenvalue weighted by Gasteiger charge is -2.37. The largest absolute Gasteiger partial charge is 0.426 e. The van der Waals surface area contributed by atoms with Crippen LogP contribution in [0, 0.1) is 5.92 Å². The number of nitrogens with zero attached hydrogens (tertiary/aromatic N) is 3. The van der Waals surface area contributed by atoms with Crippen molar-refractivity contribution < 1.29 is 14.3 Å². The van der Waals surface area contributed by atoms with Crippen LogP contribution in [0.5, 0.6) is 5.75 Å². The molecule has 2 heterocycles. The van der Waals surface area contributed by atoms with Crippen molar-refractivity contribution in [3.05, 3.63) is 47.2 Å². The quantitative estimate of drug-likeness (QED) is 0.632. The van der Waals surface area contributed by atoms with E-state index < -0.39 is 5.92 Å². The van der Waals surface area contributed by atoms with Crippen LogP contribution < -0.4 is 4.74 Å². The highest BCUT2D eigenvalue weighted by molar-refractivity contribution is 6.30. The minimum absolute atomic E-state index is 0.0133. The van der Waals surface area contributed by atoms with Crippen molar-refractivity contribution in [1.82, 2.24) is 14.7 Å². The number of aryl methyl sites for hydroxylation is 1. The fourth-order valence-corrected chi connectivity index (χ4v) is 3.15. The van der Waals surface area contributed by atoms with Crippen LogP contribution >= 0.6 is 11.6 Å². The monoisotopic (exact) mass is 347 g/mol. The molecule has 1 aromatic heterocycles. The van der Waals surface area contributed by atoms with Crippen LogP contribution in [0.25, 0.3) is 0 Å². The van der Waals surface area contributed by atoms with E-state index >= 15 is 0 Å². The third-order valence-corrected chi connectivity index (χ3v) is 4.51. The highest BCUT2D eigenvalue weighted by Crippen LogP contribution is 2.36. The van der Waals surface area contributed by atoms with Crippen LogP contribution in [0.4, 0.5) is 0 Å². The molecular formula is C17H18ClN3O3. The van der Waals surface area contributed by atoms with Gasteiger partial charge in [0.1, 0.15) is 5.75 Å². The Hall–Kier alpha value is -2.34. The van der Waals surface area contributed by atoms with Crippen LogP contribution in [0.15, 0.2) is 36.7 Å². The van der Waals surface area contributed by atoms with Gasteiger partial charge in [-0.1, -0.05) is 11.6 Å². The van der Waals surface area contributed by atoms with Crippen molar-refractivity contribution in [2.75, 3.05) is 7.05 Å². The van der Waals surface area contributed by atoms with Crippen LogP contribution in [0.1, 0.15) is 24.4 Å². The molecule has 1 aromatic carbocycles. The highest BCUT2D eigenvalue weighted by atomic mass is 35.5. The van der Waals surface area contributed by atoms with Crippen LogP contribution in [-0.4, -0.2) is 33.6 Å². The molecule has 3 rings (SSSR count). The molecule has 126 valence electrons. The van der Waals surface area contributed by atoms with Gasteiger partial charge in [0.2, 0.25) is 5.91 Å². The fourth-order valence-electron chi connectivity index (χ4n) is 3.03. The second-order valence-corrected chi connectivity index (χ2v) is 6.35. The van der Waals surface area contributed by atoms with Crippen molar-refractivity contribution in [2.24, 2.45) is 13.0 Å². The van der Waals surface area contributed by atoms with Gasteiger partial charge in [0.05, 0.1) is 18.2 Å². The average Bonchev–Trinajstić information content (AvgIpc) is 2.98. The number of hydrogen-bond acceptors (Lipinski definition) is 4. The number of benzene rings is 1. The molecule has 0 spiro atoms. The zero-order chi connectivity index (χ0) is 17.3. The summed E-state index contributed by atoms with van der Waals surface area (Å²) in [5.41, 5.74) is 0.825. The first kappa shape index (κ1) is 16.5. The maximum atomic E-state index is 12.7. The van der Waals surface area contributed by atoms with Crippen molar-refractivity contribution in [1.29, 1.82) is 0 Å². The fraction of sp³-hybridized carbons (Fsp3) is 0.353. The Labute approximate surface area is 145 Å².